The van der Waals surface area contributed by atoms with Crippen molar-refractivity contribution in [1.29, 1.82) is 0 Å². The van der Waals surface area contributed by atoms with Gasteiger partial charge >= 0.3 is 0 Å². The van der Waals surface area contributed by atoms with Gasteiger partial charge < -0.3 is 16.4 Å². The lowest BCUT2D eigenvalue weighted by Gasteiger charge is -2.20. The number of carbonyl (C=O) groups is 2. The highest BCUT2D eigenvalue weighted by Crippen LogP contribution is 2.15. The van der Waals surface area contributed by atoms with Gasteiger partial charge in [-0.3, -0.25) is 14.7 Å². The van der Waals surface area contributed by atoms with Crippen LogP contribution in [-0.2, 0) is 4.79 Å². The Bertz CT molecular complexity index is 441. The number of aromatic amines is 1. The van der Waals surface area contributed by atoms with E-state index in [9.17, 15) is 9.59 Å². The fraction of sp³-hybridized carbons (Fsp3) is 0.545. The van der Waals surface area contributed by atoms with E-state index in [0.29, 0.717) is 17.9 Å². The van der Waals surface area contributed by atoms with Crippen LogP contribution in [0.25, 0.3) is 0 Å². The first-order chi connectivity index (χ1) is 8.47. The quantitative estimate of drug-likeness (QED) is 0.662. The molecule has 100 valence electrons. The van der Waals surface area contributed by atoms with Crippen LogP contribution in [0.3, 0.4) is 0 Å². The van der Waals surface area contributed by atoms with Crippen LogP contribution in [0.5, 0.6) is 0 Å². The molecule has 1 rings (SSSR count). The normalized spacial score (nSPS) is 10.3. The minimum atomic E-state index is -0.551. The lowest BCUT2D eigenvalue weighted by molar-refractivity contribution is -0.118. The Morgan fingerprint density at radius 2 is 2.11 bits per heavy atom. The summed E-state index contributed by atoms with van der Waals surface area (Å²) in [4.78, 5) is 24.5. The lowest BCUT2D eigenvalue weighted by atomic mass is 10.2. The number of amides is 2. The van der Waals surface area contributed by atoms with E-state index in [4.69, 9.17) is 11.5 Å². The van der Waals surface area contributed by atoms with E-state index in [1.54, 1.807) is 6.92 Å². The Morgan fingerprint density at radius 1 is 1.44 bits per heavy atom. The molecule has 0 aliphatic heterocycles. The third kappa shape index (κ3) is 3.22. The van der Waals surface area contributed by atoms with Crippen molar-refractivity contribution in [1.82, 2.24) is 15.1 Å². The fourth-order valence-corrected chi connectivity index (χ4v) is 1.54. The number of hydrogen-bond acceptors (Lipinski definition) is 4. The number of nitrogen functional groups attached to an aromatic ring is 1. The van der Waals surface area contributed by atoms with Gasteiger partial charge in [0, 0.05) is 6.54 Å². The van der Waals surface area contributed by atoms with E-state index in [1.807, 2.05) is 6.92 Å². The Balaban J connectivity index is 2.87. The van der Waals surface area contributed by atoms with Gasteiger partial charge in [0.25, 0.3) is 5.91 Å². The van der Waals surface area contributed by atoms with Crippen molar-refractivity contribution in [2.75, 3.05) is 18.8 Å². The second-order valence-corrected chi connectivity index (χ2v) is 4.16. The molecular formula is C11H19N5O2. The average molecular weight is 253 g/mol. The first kappa shape index (κ1) is 14.0. The van der Waals surface area contributed by atoms with Crippen molar-refractivity contribution in [2.45, 2.75) is 26.7 Å². The van der Waals surface area contributed by atoms with E-state index in [0.717, 1.165) is 12.8 Å². The largest absolute Gasteiger partial charge is 0.395 e. The molecule has 0 bridgehead atoms. The van der Waals surface area contributed by atoms with Crippen LogP contribution in [0.15, 0.2) is 0 Å². The average Bonchev–Trinajstić information content (AvgIpc) is 2.64. The molecule has 0 aliphatic rings. The number of nitrogens with one attached hydrogen (secondary N) is 1. The molecule has 0 saturated carbocycles. The summed E-state index contributed by atoms with van der Waals surface area (Å²) in [6.07, 6.45) is 1.71. The van der Waals surface area contributed by atoms with E-state index >= 15 is 0 Å². The summed E-state index contributed by atoms with van der Waals surface area (Å²) < 4.78 is 0. The van der Waals surface area contributed by atoms with Crippen LogP contribution in [0, 0.1) is 6.92 Å². The van der Waals surface area contributed by atoms with Crippen molar-refractivity contribution < 1.29 is 9.59 Å². The third-order valence-corrected chi connectivity index (χ3v) is 2.61. The van der Waals surface area contributed by atoms with Crippen LogP contribution in [0.4, 0.5) is 5.69 Å². The zero-order chi connectivity index (χ0) is 13.7. The highest BCUT2D eigenvalue weighted by molar-refractivity contribution is 5.99. The van der Waals surface area contributed by atoms with E-state index < -0.39 is 5.91 Å². The van der Waals surface area contributed by atoms with Gasteiger partial charge in [-0.2, -0.15) is 5.10 Å². The summed E-state index contributed by atoms with van der Waals surface area (Å²) in [5.41, 5.74) is 12.0. The maximum absolute atomic E-state index is 12.2. The SMILES string of the molecule is CCCCN(CC(N)=O)C(=O)c1n[nH]c(C)c1N. The Hall–Kier alpha value is -2.05. The number of aryl methyl sites for hydroxylation is 1. The molecule has 0 spiro atoms. The molecule has 1 aromatic heterocycles. The summed E-state index contributed by atoms with van der Waals surface area (Å²) >= 11 is 0. The van der Waals surface area contributed by atoms with Crippen LogP contribution < -0.4 is 11.5 Å². The minimum Gasteiger partial charge on any atom is -0.395 e. The van der Waals surface area contributed by atoms with Gasteiger partial charge in [-0.1, -0.05) is 13.3 Å². The standard InChI is InChI=1S/C11H19N5O2/c1-3-4-5-16(6-8(12)17)11(18)10-9(13)7(2)14-15-10/h3-6,13H2,1-2H3,(H2,12,17)(H,14,15). The fourth-order valence-electron chi connectivity index (χ4n) is 1.54. The summed E-state index contributed by atoms with van der Waals surface area (Å²) in [6.45, 7) is 4.07. The van der Waals surface area contributed by atoms with Gasteiger partial charge in [0.1, 0.15) is 0 Å². The number of primary amides is 1. The maximum Gasteiger partial charge on any atom is 0.276 e. The number of hydrogen-bond donors (Lipinski definition) is 3. The molecule has 0 aromatic carbocycles. The van der Waals surface area contributed by atoms with E-state index in [-0.39, 0.29) is 18.1 Å². The Labute approximate surface area is 106 Å². The van der Waals surface area contributed by atoms with Gasteiger partial charge in [0.2, 0.25) is 5.91 Å². The monoisotopic (exact) mass is 253 g/mol. The first-order valence-corrected chi connectivity index (χ1v) is 5.85. The molecule has 0 saturated heterocycles. The van der Waals surface area contributed by atoms with Crippen molar-refractivity contribution in [3.63, 3.8) is 0 Å². The van der Waals surface area contributed by atoms with Gasteiger partial charge in [0.05, 0.1) is 17.9 Å². The number of unbranched alkanes of at least 4 members (excludes halogenated alkanes) is 1. The first-order valence-electron chi connectivity index (χ1n) is 5.85. The number of aromatic nitrogens is 2. The number of carbonyl (C=O) groups excluding carboxylic acids is 2. The van der Waals surface area contributed by atoms with Crippen molar-refractivity contribution in [2.24, 2.45) is 5.73 Å². The number of nitrogens with two attached hydrogens (primary N) is 2. The van der Waals surface area contributed by atoms with Crippen LogP contribution in [0.2, 0.25) is 0 Å². The molecule has 7 nitrogen and oxygen atoms in total. The summed E-state index contributed by atoms with van der Waals surface area (Å²) in [7, 11) is 0. The highest BCUT2D eigenvalue weighted by atomic mass is 16.2. The van der Waals surface area contributed by atoms with Gasteiger partial charge in [-0.15, -0.1) is 0 Å². The molecule has 2 amide bonds. The number of anilines is 1. The molecule has 0 atom stereocenters. The lowest BCUT2D eigenvalue weighted by Crippen LogP contribution is -2.39. The minimum absolute atomic E-state index is 0.121. The topological polar surface area (TPSA) is 118 Å². The molecule has 0 radical (unpaired) electrons. The Kier molecular flexibility index (Phi) is 4.70. The summed E-state index contributed by atoms with van der Waals surface area (Å²) in [5.74, 6) is -0.922. The van der Waals surface area contributed by atoms with Crippen molar-refractivity contribution in [3.8, 4) is 0 Å². The zero-order valence-electron chi connectivity index (χ0n) is 10.7. The van der Waals surface area contributed by atoms with Crippen LogP contribution in [-0.4, -0.2) is 40.0 Å². The molecule has 0 unspecified atom stereocenters. The van der Waals surface area contributed by atoms with Crippen LogP contribution >= 0.6 is 0 Å². The number of nitrogens with zero attached hydrogens (tertiary/aromatic N) is 2. The molecule has 1 heterocycles. The smallest absolute Gasteiger partial charge is 0.276 e. The molecule has 1 aromatic rings. The van der Waals surface area contributed by atoms with E-state index in [2.05, 4.69) is 10.2 Å². The highest BCUT2D eigenvalue weighted by Gasteiger charge is 2.22. The molecule has 7 heteroatoms. The predicted molar refractivity (Wildman–Crippen MR) is 67.7 cm³/mol. The third-order valence-electron chi connectivity index (χ3n) is 2.61. The Morgan fingerprint density at radius 3 is 2.56 bits per heavy atom. The van der Waals surface area contributed by atoms with E-state index in [1.165, 1.54) is 4.90 Å². The molecular weight excluding hydrogens is 234 g/mol. The zero-order valence-corrected chi connectivity index (χ0v) is 10.7. The molecule has 0 fully saturated rings. The summed E-state index contributed by atoms with van der Waals surface area (Å²) in [6, 6.07) is 0. The van der Waals surface area contributed by atoms with Crippen molar-refractivity contribution in [3.05, 3.63) is 11.4 Å². The molecule has 18 heavy (non-hydrogen) atoms. The summed E-state index contributed by atoms with van der Waals surface area (Å²) in [5, 5.41) is 6.50. The molecule has 5 N–H and O–H groups in total. The number of rotatable bonds is 6. The van der Waals surface area contributed by atoms with Crippen molar-refractivity contribution >= 4 is 17.5 Å². The second-order valence-electron chi connectivity index (χ2n) is 4.16. The maximum atomic E-state index is 12.2. The van der Waals surface area contributed by atoms with Gasteiger partial charge in [-0.25, -0.2) is 0 Å². The molecule has 0 aliphatic carbocycles. The van der Waals surface area contributed by atoms with Crippen LogP contribution in [0.1, 0.15) is 35.9 Å². The van der Waals surface area contributed by atoms with Gasteiger partial charge in [0.15, 0.2) is 5.69 Å². The predicted octanol–water partition coefficient (Wildman–Crippen LogP) is 0.0279. The second kappa shape index (κ2) is 6.04. The van der Waals surface area contributed by atoms with Gasteiger partial charge in [-0.05, 0) is 13.3 Å². The number of H-pyrrole nitrogens is 1.